The minimum atomic E-state index is 0.662. The minimum Gasteiger partial charge on any atom is -0.491 e. The molecule has 0 aliphatic rings. The second-order valence-electron chi connectivity index (χ2n) is 3.70. The summed E-state index contributed by atoms with van der Waals surface area (Å²) in [5.41, 5.74) is 6.53. The number of benzene rings is 1. The van der Waals surface area contributed by atoms with Gasteiger partial charge in [-0.25, -0.2) is 9.97 Å². The highest BCUT2D eigenvalue weighted by atomic mass is 32.2. The molecule has 0 saturated heterocycles. The summed E-state index contributed by atoms with van der Waals surface area (Å²) in [4.78, 5) is 9.11. The summed E-state index contributed by atoms with van der Waals surface area (Å²) in [6.45, 7) is 2.74. The number of nitrogens with two attached hydrogens (primary N) is 1. The van der Waals surface area contributed by atoms with Crippen molar-refractivity contribution in [2.45, 2.75) is 23.3 Å². The van der Waals surface area contributed by atoms with Crippen molar-refractivity contribution in [2.24, 2.45) is 0 Å². The van der Waals surface area contributed by atoms with E-state index in [4.69, 9.17) is 10.5 Å². The van der Waals surface area contributed by atoms with Crippen LogP contribution in [-0.4, -0.2) is 16.6 Å². The van der Waals surface area contributed by atoms with Gasteiger partial charge in [-0.15, -0.1) is 0 Å². The minimum absolute atomic E-state index is 0.662. The smallest absolute Gasteiger partial charge is 0.143 e. The number of hydrogen-bond donors (Lipinski definition) is 1. The molecule has 18 heavy (non-hydrogen) atoms. The fourth-order valence-corrected chi connectivity index (χ4v) is 2.15. The molecule has 0 aliphatic heterocycles. The number of anilines is 1. The fraction of sp³-hybridized carbons (Fsp3) is 0.231. The highest BCUT2D eigenvalue weighted by Gasteiger charge is 2.04. The molecule has 5 heteroatoms. The van der Waals surface area contributed by atoms with Gasteiger partial charge in [0.25, 0.3) is 0 Å². The van der Waals surface area contributed by atoms with Gasteiger partial charge in [0.05, 0.1) is 12.3 Å². The Bertz CT molecular complexity index is 505. The molecule has 0 saturated carbocycles. The van der Waals surface area contributed by atoms with Crippen molar-refractivity contribution in [2.75, 3.05) is 12.3 Å². The first-order valence-electron chi connectivity index (χ1n) is 5.76. The Morgan fingerprint density at radius 3 is 2.94 bits per heavy atom. The summed E-state index contributed by atoms with van der Waals surface area (Å²) in [5, 5.41) is 0.899. The normalized spacial score (nSPS) is 10.3. The molecular weight excluding hydrogens is 246 g/mol. The number of nitrogens with zero attached hydrogens (tertiary/aromatic N) is 2. The fourth-order valence-electron chi connectivity index (χ4n) is 1.37. The highest BCUT2D eigenvalue weighted by molar-refractivity contribution is 7.99. The topological polar surface area (TPSA) is 61.0 Å². The molecule has 0 atom stereocenters. The molecule has 1 aromatic carbocycles. The van der Waals surface area contributed by atoms with Crippen LogP contribution in [0, 0.1) is 0 Å². The Morgan fingerprint density at radius 2 is 2.22 bits per heavy atom. The van der Waals surface area contributed by atoms with Crippen LogP contribution >= 0.6 is 11.8 Å². The predicted octanol–water partition coefficient (Wildman–Crippen LogP) is 3.00. The molecule has 0 unspecified atom stereocenters. The molecule has 0 bridgehead atoms. The van der Waals surface area contributed by atoms with Crippen LogP contribution in [-0.2, 0) is 0 Å². The SMILES string of the molecule is CCCOc1cc(Sc2ccncn2)ccc1N. The van der Waals surface area contributed by atoms with Gasteiger partial charge in [-0.05, 0) is 30.7 Å². The van der Waals surface area contributed by atoms with Gasteiger partial charge in [0.15, 0.2) is 0 Å². The Hall–Kier alpha value is -1.75. The Morgan fingerprint density at radius 1 is 1.33 bits per heavy atom. The second-order valence-corrected chi connectivity index (χ2v) is 4.79. The maximum atomic E-state index is 5.86. The molecule has 0 aliphatic carbocycles. The van der Waals surface area contributed by atoms with E-state index in [1.54, 1.807) is 18.0 Å². The summed E-state index contributed by atoms with van der Waals surface area (Å²) < 4.78 is 5.59. The van der Waals surface area contributed by atoms with Gasteiger partial charge in [0.2, 0.25) is 0 Å². The first-order valence-corrected chi connectivity index (χ1v) is 6.57. The highest BCUT2D eigenvalue weighted by Crippen LogP contribution is 2.31. The summed E-state index contributed by atoms with van der Waals surface area (Å²) >= 11 is 1.56. The van der Waals surface area contributed by atoms with Crippen molar-refractivity contribution in [3.63, 3.8) is 0 Å². The number of ether oxygens (including phenoxy) is 1. The van der Waals surface area contributed by atoms with Crippen LogP contribution in [0.25, 0.3) is 0 Å². The third-order valence-electron chi connectivity index (χ3n) is 2.22. The van der Waals surface area contributed by atoms with E-state index in [0.29, 0.717) is 12.3 Å². The van der Waals surface area contributed by atoms with Gasteiger partial charge in [0, 0.05) is 11.1 Å². The molecule has 1 aromatic heterocycles. The molecule has 2 aromatic rings. The van der Waals surface area contributed by atoms with Crippen molar-refractivity contribution in [1.29, 1.82) is 0 Å². The van der Waals surface area contributed by atoms with E-state index >= 15 is 0 Å². The molecule has 0 fully saturated rings. The van der Waals surface area contributed by atoms with Crippen molar-refractivity contribution < 1.29 is 4.74 Å². The van der Waals surface area contributed by atoms with Gasteiger partial charge in [-0.2, -0.15) is 0 Å². The summed E-state index contributed by atoms with van der Waals surface area (Å²) in [6, 6.07) is 7.63. The zero-order valence-corrected chi connectivity index (χ0v) is 11.0. The molecule has 2 rings (SSSR count). The first kappa shape index (κ1) is 12.7. The third kappa shape index (κ3) is 3.37. The zero-order valence-electron chi connectivity index (χ0n) is 10.2. The van der Waals surface area contributed by atoms with E-state index < -0.39 is 0 Å². The van der Waals surface area contributed by atoms with Gasteiger partial charge in [0.1, 0.15) is 17.1 Å². The molecular formula is C13H15N3OS. The lowest BCUT2D eigenvalue weighted by atomic mass is 10.3. The summed E-state index contributed by atoms with van der Waals surface area (Å²) in [5.74, 6) is 0.732. The van der Waals surface area contributed by atoms with E-state index in [1.165, 1.54) is 6.33 Å². The number of aromatic nitrogens is 2. The van der Waals surface area contributed by atoms with Crippen LogP contribution in [0.3, 0.4) is 0 Å². The van der Waals surface area contributed by atoms with Gasteiger partial charge in [-0.3, -0.25) is 0 Å². The predicted molar refractivity (Wildman–Crippen MR) is 72.8 cm³/mol. The van der Waals surface area contributed by atoms with Crippen LogP contribution in [0.4, 0.5) is 5.69 Å². The quantitative estimate of drug-likeness (QED) is 0.662. The van der Waals surface area contributed by atoms with Crippen LogP contribution in [0.5, 0.6) is 5.75 Å². The van der Waals surface area contributed by atoms with E-state index in [0.717, 1.165) is 22.1 Å². The van der Waals surface area contributed by atoms with Gasteiger partial charge in [-0.1, -0.05) is 18.7 Å². The van der Waals surface area contributed by atoms with Crippen molar-refractivity contribution in [1.82, 2.24) is 9.97 Å². The number of hydrogen-bond acceptors (Lipinski definition) is 5. The zero-order chi connectivity index (χ0) is 12.8. The molecule has 94 valence electrons. The lowest BCUT2D eigenvalue weighted by Gasteiger charge is -2.09. The standard InChI is InChI=1S/C13H15N3OS/c1-2-7-17-12-8-10(3-4-11(12)14)18-13-5-6-15-9-16-13/h3-6,8-9H,2,7,14H2,1H3. The average molecular weight is 261 g/mol. The molecule has 2 N–H and O–H groups in total. The Balaban J connectivity index is 2.14. The van der Waals surface area contributed by atoms with Crippen LogP contribution in [0.15, 0.2) is 46.7 Å². The molecule has 4 nitrogen and oxygen atoms in total. The van der Waals surface area contributed by atoms with E-state index in [9.17, 15) is 0 Å². The van der Waals surface area contributed by atoms with Crippen molar-refractivity contribution in [3.8, 4) is 5.75 Å². The number of nitrogen functional groups attached to an aromatic ring is 1. The van der Waals surface area contributed by atoms with Crippen LogP contribution in [0.2, 0.25) is 0 Å². The van der Waals surface area contributed by atoms with Gasteiger partial charge < -0.3 is 10.5 Å². The van der Waals surface area contributed by atoms with Crippen molar-refractivity contribution >= 4 is 17.4 Å². The van der Waals surface area contributed by atoms with Crippen molar-refractivity contribution in [3.05, 3.63) is 36.8 Å². The monoisotopic (exact) mass is 261 g/mol. The van der Waals surface area contributed by atoms with E-state index in [-0.39, 0.29) is 0 Å². The molecule has 0 radical (unpaired) electrons. The largest absolute Gasteiger partial charge is 0.491 e. The first-order chi connectivity index (χ1) is 8.79. The molecule has 0 spiro atoms. The van der Waals surface area contributed by atoms with E-state index in [2.05, 4.69) is 16.9 Å². The third-order valence-corrected chi connectivity index (χ3v) is 3.16. The van der Waals surface area contributed by atoms with Gasteiger partial charge >= 0.3 is 0 Å². The Labute approximate surface area is 111 Å². The Kier molecular flexibility index (Phi) is 4.41. The molecule has 1 heterocycles. The van der Waals surface area contributed by atoms with Crippen LogP contribution in [0.1, 0.15) is 13.3 Å². The maximum Gasteiger partial charge on any atom is 0.143 e. The molecule has 0 amide bonds. The second kappa shape index (κ2) is 6.26. The lowest BCUT2D eigenvalue weighted by molar-refractivity contribution is 0.318. The van der Waals surface area contributed by atoms with E-state index in [1.807, 2.05) is 24.3 Å². The van der Waals surface area contributed by atoms with Crippen LogP contribution < -0.4 is 10.5 Å². The summed E-state index contributed by atoms with van der Waals surface area (Å²) in [7, 11) is 0. The maximum absolute atomic E-state index is 5.86. The lowest BCUT2D eigenvalue weighted by Crippen LogP contribution is -1.99. The average Bonchev–Trinajstić information content (AvgIpc) is 2.40. The number of rotatable bonds is 5. The summed E-state index contributed by atoms with van der Waals surface area (Å²) in [6.07, 6.45) is 4.22.